The smallest absolute Gasteiger partial charge is 0.408 e. The van der Waals surface area contributed by atoms with Crippen LogP contribution in [0.5, 0.6) is 0 Å². The van der Waals surface area contributed by atoms with Gasteiger partial charge >= 0.3 is 6.09 Å². The Bertz CT molecular complexity index is 1080. The second kappa shape index (κ2) is 13.0. The van der Waals surface area contributed by atoms with E-state index in [9.17, 15) is 14.4 Å². The van der Waals surface area contributed by atoms with Crippen LogP contribution in [0.2, 0.25) is 5.02 Å². The number of aryl methyl sites for hydroxylation is 2. The highest BCUT2D eigenvalue weighted by Crippen LogP contribution is 2.30. The number of benzene rings is 2. The molecule has 0 bridgehead atoms. The average Bonchev–Trinajstić information content (AvgIpc) is 2.82. The predicted octanol–water partition coefficient (Wildman–Crippen LogP) is 6.42. The maximum atomic E-state index is 14.0. The number of rotatable bonds is 9. The number of hydrogen-bond donors (Lipinski definition) is 2. The molecule has 0 aliphatic rings. The van der Waals surface area contributed by atoms with E-state index in [-0.39, 0.29) is 18.4 Å². The van der Waals surface area contributed by atoms with Crippen molar-refractivity contribution in [3.8, 4) is 0 Å². The average molecular weight is 530 g/mol. The standard InChI is InChI=1S/C29H40ClN3O4/c1-9-19(4)24(32-28(36)37-29(6,7)8)27(35)33(10-2)25(21-16-14-18(3)15-17-21)26(34)31-23-20(5)12-11-13-22(23)30/h11-17,19,24-25H,9-10H2,1-8H3,(H,31,34)(H,32,36). The van der Waals surface area contributed by atoms with E-state index in [0.29, 0.717) is 22.7 Å². The lowest BCUT2D eigenvalue weighted by Gasteiger charge is -2.35. The van der Waals surface area contributed by atoms with E-state index >= 15 is 0 Å². The van der Waals surface area contributed by atoms with Gasteiger partial charge < -0.3 is 20.3 Å². The first-order valence-electron chi connectivity index (χ1n) is 12.7. The summed E-state index contributed by atoms with van der Waals surface area (Å²) in [5.74, 6) is -0.948. The van der Waals surface area contributed by atoms with Gasteiger partial charge in [-0.15, -0.1) is 0 Å². The number of carbonyl (C=O) groups excluding carboxylic acids is 3. The summed E-state index contributed by atoms with van der Waals surface area (Å²) in [4.78, 5) is 41.9. The van der Waals surface area contributed by atoms with Crippen molar-refractivity contribution in [3.63, 3.8) is 0 Å². The Balaban J connectivity index is 2.50. The molecular weight excluding hydrogens is 490 g/mol. The minimum atomic E-state index is -0.944. The van der Waals surface area contributed by atoms with Crippen molar-refractivity contribution in [1.82, 2.24) is 10.2 Å². The third-order valence-electron chi connectivity index (χ3n) is 6.20. The number of likely N-dealkylation sites (N-methyl/N-ethyl adjacent to an activating group) is 1. The van der Waals surface area contributed by atoms with Gasteiger partial charge in [0.2, 0.25) is 5.91 Å². The number of nitrogens with zero attached hydrogens (tertiary/aromatic N) is 1. The monoisotopic (exact) mass is 529 g/mol. The quantitative estimate of drug-likeness (QED) is 0.392. The number of amides is 3. The lowest BCUT2D eigenvalue weighted by molar-refractivity contribution is -0.141. The van der Waals surface area contributed by atoms with E-state index in [4.69, 9.17) is 16.3 Å². The molecule has 0 spiro atoms. The third-order valence-corrected chi connectivity index (χ3v) is 6.51. The second-order valence-corrected chi connectivity index (χ2v) is 10.8. The summed E-state index contributed by atoms with van der Waals surface area (Å²) in [5.41, 5.74) is 2.28. The third kappa shape index (κ3) is 8.22. The van der Waals surface area contributed by atoms with E-state index in [1.165, 1.54) is 4.90 Å². The number of alkyl carbamates (subject to hydrolysis) is 1. The van der Waals surface area contributed by atoms with E-state index in [1.54, 1.807) is 26.8 Å². The van der Waals surface area contributed by atoms with Crippen LogP contribution in [0.25, 0.3) is 0 Å². The SMILES string of the molecule is CCC(C)C(NC(=O)OC(C)(C)C)C(=O)N(CC)C(C(=O)Nc1c(C)cccc1Cl)c1ccc(C)cc1. The van der Waals surface area contributed by atoms with Gasteiger partial charge in [-0.25, -0.2) is 4.79 Å². The van der Waals surface area contributed by atoms with Crippen LogP contribution in [0.1, 0.15) is 70.7 Å². The van der Waals surface area contributed by atoms with Crippen LogP contribution in [-0.4, -0.2) is 41.0 Å². The first kappa shape index (κ1) is 30.2. The number of anilines is 1. The zero-order valence-corrected chi connectivity index (χ0v) is 23.9. The van der Waals surface area contributed by atoms with Gasteiger partial charge in [0, 0.05) is 6.54 Å². The Morgan fingerprint density at radius 1 is 1.03 bits per heavy atom. The summed E-state index contributed by atoms with van der Waals surface area (Å²) in [7, 11) is 0. The largest absolute Gasteiger partial charge is 0.444 e. The molecule has 0 saturated heterocycles. The Labute approximate surface area is 225 Å². The van der Waals surface area contributed by atoms with Gasteiger partial charge in [0.15, 0.2) is 0 Å². The summed E-state index contributed by atoms with van der Waals surface area (Å²) in [6.07, 6.45) is -0.0329. The Hall–Kier alpha value is -3.06. The highest BCUT2D eigenvalue weighted by atomic mass is 35.5. The van der Waals surface area contributed by atoms with Crippen molar-refractivity contribution in [2.75, 3.05) is 11.9 Å². The zero-order chi connectivity index (χ0) is 27.9. The summed E-state index contributed by atoms with van der Waals surface area (Å²) in [5, 5.41) is 6.11. The van der Waals surface area contributed by atoms with Crippen molar-refractivity contribution in [2.45, 2.75) is 79.5 Å². The lowest BCUT2D eigenvalue weighted by atomic mass is 9.95. The maximum Gasteiger partial charge on any atom is 0.408 e. The van der Waals surface area contributed by atoms with Gasteiger partial charge in [-0.3, -0.25) is 9.59 Å². The van der Waals surface area contributed by atoms with Gasteiger partial charge in [-0.05, 0) is 64.7 Å². The molecule has 0 fully saturated rings. The van der Waals surface area contributed by atoms with Gasteiger partial charge in [0.05, 0.1) is 10.7 Å². The molecule has 3 atom stereocenters. The van der Waals surface area contributed by atoms with Gasteiger partial charge in [-0.2, -0.15) is 0 Å². The van der Waals surface area contributed by atoms with Gasteiger partial charge in [0.1, 0.15) is 17.7 Å². The fourth-order valence-corrected chi connectivity index (χ4v) is 4.23. The highest BCUT2D eigenvalue weighted by Gasteiger charge is 2.37. The molecule has 3 amide bonds. The van der Waals surface area contributed by atoms with Crippen molar-refractivity contribution in [3.05, 3.63) is 64.2 Å². The van der Waals surface area contributed by atoms with Crippen molar-refractivity contribution in [2.24, 2.45) is 5.92 Å². The number of carbonyl (C=O) groups is 3. The van der Waals surface area contributed by atoms with Crippen LogP contribution >= 0.6 is 11.6 Å². The molecule has 0 aliphatic heterocycles. The van der Waals surface area contributed by atoms with Crippen LogP contribution in [0.15, 0.2) is 42.5 Å². The zero-order valence-electron chi connectivity index (χ0n) is 23.1. The molecule has 2 aromatic rings. The molecular formula is C29H40ClN3O4. The molecule has 0 radical (unpaired) electrons. The summed E-state index contributed by atoms with van der Waals surface area (Å²) in [6.45, 7) is 15.0. The Kier molecular flexibility index (Phi) is 10.6. The predicted molar refractivity (Wildman–Crippen MR) is 149 cm³/mol. The highest BCUT2D eigenvalue weighted by molar-refractivity contribution is 6.34. The maximum absolute atomic E-state index is 14.0. The second-order valence-electron chi connectivity index (χ2n) is 10.4. The first-order chi connectivity index (χ1) is 17.3. The minimum Gasteiger partial charge on any atom is -0.444 e. The Morgan fingerprint density at radius 3 is 2.16 bits per heavy atom. The summed E-state index contributed by atoms with van der Waals surface area (Å²) < 4.78 is 5.42. The van der Waals surface area contributed by atoms with Gasteiger partial charge in [0.25, 0.3) is 5.91 Å². The fraction of sp³-hybridized carbons (Fsp3) is 0.483. The number of halogens is 1. The van der Waals surface area contributed by atoms with Crippen LogP contribution in [-0.2, 0) is 14.3 Å². The lowest BCUT2D eigenvalue weighted by Crippen LogP contribution is -2.54. The van der Waals surface area contributed by atoms with Crippen LogP contribution in [0.3, 0.4) is 0 Å². The number of nitrogens with one attached hydrogen (secondary N) is 2. The molecule has 202 valence electrons. The molecule has 0 aliphatic carbocycles. The molecule has 37 heavy (non-hydrogen) atoms. The molecule has 0 saturated carbocycles. The van der Waals surface area contributed by atoms with E-state index < -0.39 is 29.7 Å². The first-order valence-corrected chi connectivity index (χ1v) is 13.1. The summed E-state index contributed by atoms with van der Waals surface area (Å²) >= 11 is 6.39. The van der Waals surface area contributed by atoms with Crippen molar-refractivity contribution < 1.29 is 19.1 Å². The molecule has 7 nitrogen and oxygen atoms in total. The number of ether oxygens (including phenoxy) is 1. The number of hydrogen-bond acceptors (Lipinski definition) is 4. The van der Waals surface area contributed by atoms with E-state index in [1.807, 2.05) is 71.0 Å². The fourth-order valence-electron chi connectivity index (χ4n) is 3.97. The molecule has 0 heterocycles. The van der Waals surface area contributed by atoms with Crippen molar-refractivity contribution >= 4 is 35.2 Å². The molecule has 2 N–H and O–H groups in total. The molecule has 0 aromatic heterocycles. The Morgan fingerprint density at radius 2 is 1.65 bits per heavy atom. The van der Waals surface area contributed by atoms with E-state index in [2.05, 4.69) is 10.6 Å². The summed E-state index contributed by atoms with van der Waals surface area (Å²) in [6, 6.07) is 11.0. The molecule has 8 heteroatoms. The molecule has 2 rings (SSSR count). The van der Waals surface area contributed by atoms with Gasteiger partial charge in [-0.1, -0.05) is 73.8 Å². The topological polar surface area (TPSA) is 87.7 Å². The van der Waals surface area contributed by atoms with E-state index in [0.717, 1.165) is 11.1 Å². The van der Waals surface area contributed by atoms with Crippen LogP contribution in [0, 0.1) is 19.8 Å². The molecule has 2 aromatic carbocycles. The van der Waals surface area contributed by atoms with Crippen LogP contribution in [0.4, 0.5) is 10.5 Å². The van der Waals surface area contributed by atoms with Crippen LogP contribution < -0.4 is 10.6 Å². The normalized spacial score (nSPS) is 13.8. The molecule has 3 unspecified atom stereocenters. The van der Waals surface area contributed by atoms with Crippen molar-refractivity contribution in [1.29, 1.82) is 0 Å². The minimum absolute atomic E-state index is 0.193. The number of para-hydroxylation sites is 1.